The van der Waals surface area contributed by atoms with Crippen molar-refractivity contribution in [2.75, 3.05) is 19.6 Å². The second-order valence-electron chi connectivity index (χ2n) is 4.65. The monoisotopic (exact) mass is 212 g/mol. The molecule has 0 aliphatic carbocycles. The first-order valence-electron chi connectivity index (χ1n) is 5.84. The van der Waals surface area contributed by atoms with Crippen LogP contribution in [0.3, 0.4) is 0 Å². The normalized spacial score (nSPS) is 36.9. The average molecular weight is 212 g/mol. The van der Waals surface area contributed by atoms with E-state index in [-0.39, 0.29) is 24.2 Å². The van der Waals surface area contributed by atoms with Crippen LogP contribution in [-0.2, 0) is 9.53 Å². The van der Waals surface area contributed by atoms with Gasteiger partial charge in [0.05, 0.1) is 18.2 Å². The first-order chi connectivity index (χ1) is 7.16. The van der Waals surface area contributed by atoms with Crippen molar-refractivity contribution in [3.63, 3.8) is 0 Å². The molecule has 2 fully saturated rings. The van der Waals surface area contributed by atoms with E-state index in [0.29, 0.717) is 0 Å². The van der Waals surface area contributed by atoms with E-state index >= 15 is 0 Å². The molecule has 2 rings (SSSR count). The Bertz CT molecular complexity index is 229. The summed E-state index contributed by atoms with van der Waals surface area (Å²) >= 11 is 0. The molecule has 0 aromatic carbocycles. The summed E-state index contributed by atoms with van der Waals surface area (Å²) in [6.45, 7) is 6.50. The Balaban J connectivity index is 1.93. The van der Waals surface area contributed by atoms with E-state index in [4.69, 9.17) is 4.74 Å². The molecule has 0 saturated carbocycles. The quantitative estimate of drug-likeness (QED) is 0.683. The molecule has 2 heterocycles. The Hall–Kier alpha value is -0.610. The lowest BCUT2D eigenvalue weighted by Crippen LogP contribution is -2.53. The fourth-order valence-electron chi connectivity index (χ4n) is 2.47. The number of carbonyl (C=O) groups is 1. The Labute approximate surface area is 91.0 Å². The Morgan fingerprint density at radius 3 is 2.53 bits per heavy atom. The van der Waals surface area contributed by atoms with Crippen LogP contribution in [0.4, 0.5) is 0 Å². The van der Waals surface area contributed by atoms with Crippen molar-refractivity contribution in [1.29, 1.82) is 0 Å². The molecule has 3 atom stereocenters. The van der Waals surface area contributed by atoms with Crippen LogP contribution in [0.15, 0.2) is 0 Å². The van der Waals surface area contributed by atoms with E-state index in [1.54, 1.807) is 0 Å². The molecule has 0 spiro atoms. The molecule has 2 aliphatic rings. The lowest BCUT2D eigenvalue weighted by Gasteiger charge is -2.36. The van der Waals surface area contributed by atoms with Crippen LogP contribution in [0.1, 0.15) is 26.7 Å². The van der Waals surface area contributed by atoms with Crippen LogP contribution in [-0.4, -0.2) is 48.7 Å². The Morgan fingerprint density at radius 2 is 2.00 bits per heavy atom. The summed E-state index contributed by atoms with van der Waals surface area (Å²) < 4.78 is 5.61. The number of ether oxygens (including phenoxy) is 1. The number of hydrogen-bond donors (Lipinski definition) is 1. The molecule has 4 heteroatoms. The maximum Gasteiger partial charge on any atom is 0.239 e. The van der Waals surface area contributed by atoms with Gasteiger partial charge in [-0.2, -0.15) is 0 Å². The third-order valence-corrected chi connectivity index (χ3v) is 3.09. The van der Waals surface area contributed by atoms with Gasteiger partial charge in [0.15, 0.2) is 0 Å². The molecule has 15 heavy (non-hydrogen) atoms. The van der Waals surface area contributed by atoms with Gasteiger partial charge in [-0.1, -0.05) is 0 Å². The topological polar surface area (TPSA) is 41.6 Å². The zero-order valence-corrected chi connectivity index (χ0v) is 9.53. The van der Waals surface area contributed by atoms with Crippen molar-refractivity contribution >= 4 is 5.91 Å². The number of rotatable bonds is 1. The predicted octanol–water partition coefficient (Wildman–Crippen LogP) is 0.374. The maximum atomic E-state index is 12.1. The van der Waals surface area contributed by atoms with Crippen molar-refractivity contribution < 1.29 is 9.53 Å². The summed E-state index contributed by atoms with van der Waals surface area (Å²) in [5.41, 5.74) is 0. The molecule has 2 saturated heterocycles. The van der Waals surface area contributed by atoms with Gasteiger partial charge in [0.1, 0.15) is 0 Å². The molecular formula is C11H20N2O2. The van der Waals surface area contributed by atoms with E-state index in [1.807, 2.05) is 18.7 Å². The van der Waals surface area contributed by atoms with Crippen molar-refractivity contribution in [1.82, 2.24) is 10.2 Å². The van der Waals surface area contributed by atoms with Gasteiger partial charge in [-0.3, -0.25) is 4.79 Å². The third-order valence-electron chi connectivity index (χ3n) is 3.09. The van der Waals surface area contributed by atoms with Crippen LogP contribution in [0.2, 0.25) is 0 Å². The number of nitrogens with one attached hydrogen (secondary N) is 1. The highest BCUT2D eigenvalue weighted by Gasteiger charge is 2.31. The first-order valence-corrected chi connectivity index (χ1v) is 5.84. The molecule has 0 aromatic heterocycles. The van der Waals surface area contributed by atoms with Gasteiger partial charge >= 0.3 is 0 Å². The largest absolute Gasteiger partial charge is 0.372 e. The SMILES string of the molecule is C[C@@H]1CN(C(=O)[C@H]2CCCN2)C[C@H](C)O1. The molecule has 0 radical (unpaired) electrons. The highest BCUT2D eigenvalue weighted by Crippen LogP contribution is 2.15. The molecule has 0 bridgehead atoms. The zero-order chi connectivity index (χ0) is 10.8. The van der Waals surface area contributed by atoms with Crippen molar-refractivity contribution in [3.05, 3.63) is 0 Å². The number of nitrogens with zero attached hydrogens (tertiary/aromatic N) is 1. The van der Waals surface area contributed by atoms with E-state index in [9.17, 15) is 4.79 Å². The molecule has 2 aliphatic heterocycles. The summed E-state index contributed by atoms with van der Waals surface area (Å²) in [6, 6.07) is 0.0579. The summed E-state index contributed by atoms with van der Waals surface area (Å²) in [7, 11) is 0. The maximum absolute atomic E-state index is 12.1. The van der Waals surface area contributed by atoms with Gasteiger partial charge in [0.2, 0.25) is 5.91 Å². The molecule has 86 valence electrons. The minimum Gasteiger partial charge on any atom is -0.372 e. The first kappa shape index (κ1) is 10.9. The van der Waals surface area contributed by atoms with Crippen molar-refractivity contribution in [2.24, 2.45) is 0 Å². The van der Waals surface area contributed by atoms with Crippen molar-refractivity contribution in [2.45, 2.75) is 44.9 Å². The summed E-state index contributed by atoms with van der Waals surface area (Å²) in [5.74, 6) is 0.259. The Morgan fingerprint density at radius 1 is 1.33 bits per heavy atom. The van der Waals surface area contributed by atoms with Gasteiger partial charge in [0, 0.05) is 13.1 Å². The fourth-order valence-corrected chi connectivity index (χ4v) is 2.47. The lowest BCUT2D eigenvalue weighted by molar-refractivity contribution is -0.145. The van der Waals surface area contributed by atoms with E-state index in [1.165, 1.54) is 0 Å². The van der Waals surface area contributed by atoms with Gasteiger partial charge in [-0.25, -0.2) is 0 Å². The van der Waals surface area contributed by atoms with Crippen LogP contribution < -0.4 is 5.32 Å². The lowest BCUT2D eigenvalue weighted by atomic mass is 10.1. The smallest absolute Gasteiger partial charge is 0.239 e. The standard InChI is InChI=1S/C11H20N2O2/c1-8-6-13(7-9(2)15-8)11(14)10-4-3-5-12-10/h8-10,12H,3-7H2,1-2H3/t8-,9+,10-/m1/s1. The van der Waals surface area contributed by atoms with Crippen LogP contribution >= 0.6 is 0 Å². The minimum atomic E-state index is 0.0579. The van der Waals surface area contributed by atoms with Gasteiger partial charge in [-0.05, 0) is 33.2 Å². The summed E-state index contributed by atoms with van der Waals surface area (Å²) in [4.78, 5) is 14.0. The highest BCUT2D eigenvalue weighted by atomic mass is 16.5. The molecular weight excluding hydrogens is 192 g/mol. The third kappa shape index (κ3) is 2.49. The number of hydrogen-bond acceptors (Lipinski definition) is 3. The molecule has 0 aromatic rings. The van der Waals surface area contributed by atoms with Crippen LogP contribution in [0, 0.1) is 0 Å². The number of morpholine rings is 1. The Kier molecular flexibility index (Phi) is 3.26. The molecule has 1 amide bonds. The second kappa shape index (κ2) is 4.49. The second-order valence-corrected chi connectivity index (χ2v) is 4.65. The summed E-state index contributed by atoms with van der Waals surface area (Å²) in [6.07, 6.45) is 2.43. The van der Waals surface area contributed by atoms with E-state index in [2.05, 4.69) is 5.32 Å². The molecule has 4 nitrogen and oxygen atoms in total. The number of carbonyl (C=O) groups excluding carboxylic acids is 1. The van der Waals surface area contributed by atoms with Crippen LogP contribution in [0.5, 0.6) is 0 Å². The molecule has 0 unspecified atom stereocenters. The average Bonchev–Trinajstić information content (AvgIpc) is 2.67. The molecule has 1 N–H and O–H groups in total. The van der Waals surface area contributed by atoms with Gasteiger partial charge < -0.3 is 15.0 Å². The highest BCUT2D eigenvalue weighted by molar-refractivity contribution is 5.82. The van der Waals surface area contributed by atoms with Gasteiger partial charge in [0.25, 0.3) is 0 Å². The van der Waals surface area contributed by atoms with Crippen molar-refractivity contribution in [3.8, 4) is 0 Å². The van der Waals surface area contributed by atoms with Crippen LogP contribution in [0.25, 0.3) is 0 Å². The summed E-state index contributed by atoms with van der Waals surface area (Å²) in [5, 5.41) is 3.25. The predicted molar refractivity (Wildman–Crippen MR) is 57.6 cm³/mol. The van der Waals surface area contributed by atoms with E-state index < -0.39 is 0 Å². The fraction of sp³-hybridized carbons (Fsp3) is 0.909. The number of amides is 1. The van der Waals surface area contributed by atoms with Gasteiger partial charge in [-0.15, -0.1) is 0 Å². The van der Waals surface area contributed by atoms with E-state index in [0.717, 1.165) is 32.5 Å². The minimum absolute atomic E-state index is 0.0579. The zero-order valence-electron chi connectivity index (χ0n) is 9.53.